The van der Waals surface area contributed by atoms with E-state index in [0.717, 1.165) is 55.0 Å². The second-order valence-corrected chi connectivity index (χ2v) is 8.87. The third-order valence-electron chi connectivity index (χ3n) is 6.53. The van der Waals surface area contributed by atoms with Gasteiger partial charge in [-0.3, -0.25) is 9.59 Å². The third kappa shape index (κ3) is 4.91. The van der Waals surface area contributed by atoms with E-state index in [0.29, 0.717) is 17.5 Å². The van der Waals surface area contributed by atoms with E-state index in [4.69, 9.17) is 5.73 Å². The summed E-state index contributed by atoms with van der Waals surface area (Å²) in [7, 11) is 0. The summed E-state index contributed by atoms with van der Waals surface area (Å²) < 4.78 is 0. The van der Waals surface area contributed by atoms with Gasteiger partial charge in [-0.2, -0.15) is 0 Å². The highest BCUT2D eigenvalue weighted by molar-refractivity contribution is 6.01. The number of aryl methyl sites for hydroxylation is 1. The molecule has 4 nitrogen and oxygen atoms in total. The first-order valence-electron chi connectivity index (χ1n) is 11.8. The lowest BCUT2D eigenvalue weighted by Crippen LogP contribution is -2.28. The lowest BCUT2D eigenvalue weighted by Gasteiger charge is -2.19. The number of rotatable bonds is 1. The Hall–Kier alpha value is -2.98. The standard InChI is InChI=1S/C28H32N2O2/c1-19-25-16-20(15-21-10-7-8-11-24(21)25)9-5-3-2-4-6-12-27(31)22-13-14-23(18-29)26(17-22)28(32)30-19/h7-8,10-11,13-17,19H,2-6,9,12,18,29H2,1H3,(H,30,32)/t19-/m1/s1. The van der Waals surface area contributed by atoms with Crippen molar-refractivity contribution in [3.63, 3.8) is 0 Å². The molecule has 0 unspecified atom stereocenters. The van der Waals surface area contributed by atoms with Gasteiger partial charge >= 0.3 is 0 Å². The Morgan fingerprint density at radius 2 is 1.66 bits per heavy atom. The summed E-state index contributed by atoms with van der Waals surface area (Å²) in [6, 6.07) is 18.0. The number of fused-ring (bicyclic) bond motifs is 6. The number of carbonyl (C=O) groups is 2. The first-order valence-corrected chi connectivity index (χ1v) is 11.8. The molecular formula is C28H32N2O2. The maximum Gasteiger partial charge on any atom is 0.252 e. The number of nitrogens with two attached hydrogens (primary N) is 1. The highest BCUT2D eigenvalue weighted by Crippen LogP contribution is 2.28. The Morgan fingerprint density at radius 1 is 0.906 bits per heavy atom. The van der Waals surface area contributed by atoms with Crippen LogP contribution in [0.3, 0.4) is 0 Å². The van der Waals surface area contributed by atoms with E-state index in [1.807, 2.05) is 19.1 Å². The zero-order chi connectivity index (χ0) is 22.5. The predicted octanol–water partition coefficient (Wildman–Crippen LogP) is 5.87. The molecule has 0 aromatic heterocycles. The first kappa shape index (κ1) is 22.2. The number of hydrogen-bond donors (Lipinski definition) is 2. The van der Waals surface area contributed by atoms with Gasteiger partial charge in [0.2, 0.25) is 0 Å². The Balaban J connectivity index is 1.74. The molecule has 1 aliphatic rings. The van der Waals surface area contributed by atoms with Gasteiger partial charge in [0.15, 0.2) is 5.78 Å². The molecule has 3 aromatic rings. The Kier molecular flexibility index (Phi) is 7.01. The van der Waals surface area contributed by atoms with Crippen molar-refractivity contribution in [3.8, 4) is 0 Å². The van der Waals surface area contributed by atoms with Crippen molar-refractivity contribution in [2.75, 3.05) is 0 Å². The molecule has 0 fully saturated rings. The van der Waals surface area contributed by atoms with E-state index in [-0.39, 0.29) is 24.3 Å². The molecule has 4 rings (SSSR count). The lowest BCUT2D eigenvalue weighted by atomic mass is 9.94. The summed E-state index contributed by atoms with van der Waals surface area (Å²) in [5, 5.41) is 5.53. The average Bonchev–Trinajstić information content (AvgIpc) is 2.81. The van der Waals surface area contributed by atoms with Gasteiger partial charge in [0.25, 0.3) is 5.91 Å². The number of ketones is 1. The van der Waals surface area contributed by atoms with Gasteiger partial charge in [-0.25, -0.2) is 0 Å². The van der Waals surface area contributed by atoms with Gasteiger partial charge in [0, 0.05) is 24.1 Å². The first-order chi connectivity index (χ1) is 15.6. The number of carbonyl (C=O) groups excluding carboxylic acids is 2. The number of amides is 1. The normalized spacial score (nSPS) is 18.2. The van der Waals surface area contributed by atoms with Crippen molar-refractivity contribution in [2.45, 2.75) is 64.5 Å². The molecule has 166 valence electrons. The molecule has 3 N–H and O–H groups in total. The number of benzene rings is 3. The fourth-order valence-corrected chi connectivity index (χ4v) is 4.69. The van der Waals surface area contributed by atoms with Crippen LogP contribution < -0.4 is 11.1 Å². The minimum Gasteiger partial charge on any atom is -0.345 e. The third-order valence-corrected chi connectivity index (χ3v) is 6.53. The van der Waals surface area contributed by atoms with Gasteiger partial charge in [0.05, 0.1) is 6.04 Å². The van der Waals surface area contributed by atoms with E-state index in [9.17, 15) is 9.59 Å². The molecule has 4 bridgehead atoms. The lowest BCUT2D eigenvalue weighted by molar-refractivity contribution is 0.0939. The molecule has 0 aliphatic carbocycles. The van der Waals surface area contributed by atoms with Gasteiger partial charge in [-0.15, -0.1) is 0 Å². The second-order valence-electron chi connectivity index (χ2n) is 8.87. The average molecular weight is 429 g/mol. The van der Waals surface area contributed by atoms with E-state index in [2.05, 4.69) is 35.6 Å². The SMILES string of the molecule is C[C@H]1NC(=O)c2cc(ccc2CN)C(=O)CCCCCCCc2cc1c1ccccc1c2. The molecule has 1 aliphatic heterocycles. The summed E-state index contributed by atoms with van der Waals surface area (Å²) in [5.74, 6) is -0.0935. The quantitative estimate of drug-likeness (QED) is 0.509. The minimum atomic E-state index is -0.189. The minimum absolute atomic E-state index is 0.0950. The molecule has 0 spiro atoms. The highest BCUT2D eigenvalue weighted by Gasteiger charge is 2.19. The molecular weight excluding hydrogens is 396 g/mol. The topological polar surface area (TPSA) is 72.2 Å². The van der Waals surface area contributed by atoms with Crippen LogP contribution in [0.15, 0.2) is 54.6 Å². The molecule has 3 aromatic carbocycles. The van der Waals surface area contributed by atoms with Crippen LogP contribution in [0.5, 0.6) is 0 Å². The van der Waals surface area contributed by atoms with Gasteiger partial charge in [0.1, 0.15) is 0 Å². The van der Waals surface area contributed by atoms with E-state index >= 15 is 0 Å². The van der Waals surface area contributed by atoms with Gasteiger partial charge < -0.3 is 11.1 Å². The molecule has 32 heavy (non-hydrogen) atoms. The molecule has 1 atom stereocenters. The monoisotopic (exact) mass is 428 g/mol. The summed E-state index contributed by atoms with van der Waals surface area (Å²) in [6.45, 7) is 2.28. The maximum atomic E-state index is 13.3. The van der Waals surface area contributed by atoms with Crippen molar-refractivity contribution in [1.29, 1.82) is 0 Å². The Morgan fingerprint density at radius 3 is 2.47 bits per heavy atom. The second kappa shape index (κ2) is 10.1. The highest BCUT2D eigenvalue weighted by atomic mass is 16.1. The van der Waals surface area contributed by atoms with Gasteiger partial charge in [-0.1, -0.05) is 67.8 Å². The summed E-state index contributed by atoms with van der Waals surface area (Å²) in [4.78, 5) is 26.0. The van der Waals surface area contributed by atoms with Crippen molar-refractivity contribution < 1.29 is 9.59 Å². The van der Waals surface area contributed by atoms with Crippen LogP contribution in [0.25, 0.3) is 10.8 Å². The fraction of sp³-hybridized carbons (Fsp3) is 0.357. The fourth-order valence-electron chi connectivity index (χ4n) is 4.69. The Bertz CT molecular complexity index is 1140. The number of Topliss-reactive ketones (excluding diaryl/α,β-unsaturated/α-hetero) is 1. The van der Waals surface area contributed by atoms with Crippen LogP contribution in [-0.2, 0) is 13.0 Å². The molecule has 0 radical (unpaired) electrons. The van der Waals surface area contributed by atoms with Crippen molar-refractivity contribution >= 4 is 22.5 Å². The van der Waals surface area contributed by atoms with Crippen molar-refractivity contribution in [3.05, 3.63) is 82.4 Å². The van der Waals surface area contributed by atoms with E-state index < -0.39 is 0 Å². The van der Waals surface area contributed by atoms with Crippen molar-refractivity contribution in [1.82, 2.24) is 5.32 Å². The van der Waals surface area contributed by atoms with Crippen LogP contribution >= 0.6 is 0 Å². The Labute approximate surface area is 190 Å². The molecule has 0 saturated heterocycles. The molecule has 1 amide bonds. The van der Waals surface area contributed by atoms with Gasteiger partial charge in [-0.05, 0) is 59.7 Å². The van der Waals surface area contributed by atoms with Crippen molar-refractivity contribution in [2.24, 2.45) is 5.73 Å². The van der Waals surface area contributed by atoms with E-state index in [1.165, 1.54) is 10.9 Å². The maximum absolute atomic E-state index is 13.3. The number of hydrogen-bond acceptors (Lipinski definition) is 3. The van der Waals surface area contributed by atoms with Crippen LogP contribution in [0.4, 0.5) is 0 Å². The summed E-state index contributed by atoms with van der Waals surface area (Å²) in [6.07, 6.45) is 6.92. The van der Waals surface area contributed by atoms with E-state index in [1.54, 1.807) is 12.1 Å². The van der Waals surface area contributed by atoms with Crippen LogP contribution in [0.2, 0.25) is 0 Å². The summed E-state index contributed by atoms with van der Waals surface area (Å²) in [5.41, 5.74) is 10.2. The molecule has 0 saturated carbocycles. The van der Waals surface area contributed by atoms with Crippen LogP contribution in [0, 0.1) is 0 Å². The molecule has 1 heterocycles. The largest absolute Gasteiger partial charge is 0.345 e. The predicted molar refractivity (Wildman–Crippen MR) is 130 cm³/mol. The number of nitrogens with one attached hydrogen (secondary N) is 1. The van der Waals surface area contributed by atoms with Crippen LogP contribution in [0.1, 0.15) is 88.9 Å². The van der Waals surface area contributed by atoms with Crippen LogP contribution in [-0.4, -0.2) is 11.7 Å². The summed E-state index contributed by atoms with van der Waals surface area (Å²) >= 11 is 0. The zero-order valence-corrected chi connectivity index (χ0v) is 18.8. The molecule has 4 heteroatoms. The zero-order valence-electron chi connectivity index (χ0n) is 18.8. The smallest absolute Gasteiger partial charge is 0.252 e.